The van der Waals surface area contributed by atoms with Crippen molar-refractivity contribution in [1.29, 1.82) is 0 Å². The zero-order valence-corrected chi connectivity index (χ0v) is 10.9. The van der Waals surface area contributed by atoms with Crippen molar-refractivity contribution < 1.29 is 0 Å². The van der Waals surface area contributed by atoms with Gasteiger partial charge in [0.15, 0.2) is 5.65 Å². The fourth-order valence-electron chi connectivity index (χ4n) is 1.98. The third-order valence-electron chi connectivity index (χ3n) is 2.87. The van der Waals surface area contributed by atoms with Crippen LogP contribution in [0, 0.1) is 0 Å². The van der Waals surface area contributed by atoms with Crippen molar-refractivity contribution in [2.24, 2.45) is 7.05 Å². The Kier molecular flexibility index (Phi) is 2.77. The lowest BCUT2D eigenvalue weighted by atomic mass is 10.2. The van der Waals surface area contributed by atoms with E-state index in [2.05, 4.69) is 10.1 Å². The zero-order valence-electron chi connectivity index (χ0n) is 10.9. The number of fused-ring (bicyclic) bond motifs is 1. The molecule has 5 nitrogen and oxygen atoms in total. The molecule has 92 valence electrons. The Balaban J connectivity index is 2.85. The molecule has 0 unspecified atom stereocenters. The highest BCUT2D eigenvalue weighted by Gasteiger charge is 2.15. The zero-order chi connectivity index (χ0) is 12.7. The second-order valence-corrected chi connectivity index (χ2v) is 4.91. The van der Waals surface area contributed by atoms with Gasteiger partial charge in [0, 0.05) is 19.0 Å². The van der Waals surface area contributed by atoms with Crippen molar-refractivity contribution in [3.05, 3.63) is 22.4 Å². The molecule has 17 heavy (non-hydrogen) atoms. The highest BCUT2D eigenvalue weighted by Crippen LogP contribution is 2.16. The van der Waals surface area contributed by atoms with Crippen LogP contribution >= 0.6 is 0 Å². The van der Waals surface area contributed by atoms with Crippen molar-refractivity contribution in [1.82, 2.24) is 19.3 Å². The second kappa shape index (κ2) is 3.98. The predicted molar refractivity (Wildman–Crippen MR) is 67.2 cm³/mol. The molecule has 0 saturated heterocycles. The van der Waals surface area contributed by atoms with Gasteiger partial charge in [-0.05, 0) is 13.8 Å². The topological polar surface area (TPSA) is 52.7 Å². The molecule has 0 saturated carbocycles. The Bertz CT molecular complexity index is 607. The molecule has 0 amide bonds. The minimum absolute atomic E-state index is 0.0226. The van der Waals surface area contributed by atoms with Crippen LogP contribution in [0.5, 0.6) is 0 Å². The minimum Gasteiger partial charge on any atom is -0.299 e. The van der Waals surface area contributed by atoms with Gasteiger partial charge in [-0.3, -0.25) is 9.36 Å². The van der Waals surface area contributed by atoms with Crippen molar-refractivity contribution in [3.8, 4) is 0 Å². The number of rotatable bonds is 2. The largest absolute Gasteiger partial charge is 0.299 e. The number of aromatic nitrogens is 4. The van der Waals surface area contributed by atoms with E-state index in [0.29, 0.717) is 11.0 Å². The van der Waals surface area contributed by atoms with Gasteiger partial charge >= 0.3 is 0 Å². The third kappa shape index (κ3) is 1.75. The van der Waals surface area contributed by atoms with Crippen LogP contribution in [0.25, 0.3) is 11.0 Å². The lowest BCUT2D eigenvalue weighted by Gasteiger charge is -2.12. The summed E-state index contributed by atoms with van der Waals surface area (Å²) in [5.74, 6) is 1.01. The lowest BCUT2D eigenvalue weighted by molar-refractivity contribution is 0.543. The van der Waals surface area contributed by atoms with E-state index < -0.39 is 0 Å². The van der Waals surface area contributed by atoms with Crippen molar-refractivity contribution in [3.63, 3.8) is 0 Å². The Morgan fingerprint density at radius 3 is 2.41 bits per heavy atom. The average molecular weight is 234 g/mol. The van der Waals surface area contributed by atoms with E-state index in [9.17, 15) is 4.79 Å². The summed E-state index contributed by atoms with van der Waals surface area (Å²) < 4.78 is 3.40. The van der Waals surface area contributed by atoms with Crippen LogP contribution in [0.2, 0.25) is 0 Å². The number of nitrogens with zero attached hydrogens (tertiary/aromatic N) is 4. The second-order valence-electron chi connectivity index (χ2n) is 4.91. The van der Waals surface area contributed by atoms with Crippen LogP contribution in [0.4, 0.5) is 0 Å². The average Bonchev–Trinajstić information content (AvgIpc) is 2.66. The predicted octanol–water partition coefficient (Wildman–Crippen LogP) is 1.83. The quantitative estimate of drug-likeness (QED) is 0.796. The van der Waals surface area contributed by atoms with Crippen LogP contribution in [0.3, 0.4) is 0 Å². The number of hydrogen-bond acceptors (Lipinski definition) is 3. The Hall–Kier alpha value is -1.65. The molecule has 0 aromatic carbocycles. The smallest absolute Gasteiger partial charge is 0.264 e. The molecule has 0 fully saturated rings. The van der Waals surface area contributed by atoms with E-state index in [-0.39, 0.29) is 17.5 Å². The van der Waals surface area contributed by atoms with Crippen LogP contribution < -0.4 is 5.56 Å². The summed E-state index contributed by atoms with van der Waals surface area (Å²) in [6.07, 6.45) is 1.61. The summed E-state index contributed by atoms with van der Waals surface area (Å²) in [6.45, 7) is 8.12. The lowest BCUT2D eigenvalue weighted by Crippen LogP contribution is -2.23. The Morgan fingerprint density at radius 1 is 1.24 bits per heavy atom. The maximum Gasteiger partial charge on any atom is 0.264 e. The van der Waals surface area contributed by atoms with E-state index in [1.54, 1.807) is 22.5 Å². The molecule has 5 heteroatoms. The maximum atomic E-state index is 12.2. The molecule has 0 bridgehead atoms. The van der Waals surface area contributed by atoms with Gasteiger partial charge in [-0.1, -0.05) is 13.8 Å². The summed E-state index contributed by atoms with van der Waals surface area (Å²) >= 11 is 0. The van der Waals surface area contributed by atoms with E-state index in [1.807, 2.05) is 27.7 Å². The van der Waals surface area contributed by atoms with Crippen LogP contribution in [-0.4, -0.2) is 19.3 Å². The Labute approximate surface area is 100 Å². The molecule has 0 aliphatic heterocycles. The SMILES string of the molecule is CC(C)c1nc2c(cnn2C(C)C)c(=O)n1C. The van der Waals surface area contributed by atoms with E-state index in [0.717, 1.165) is 5.82 Å². The molecule has 0 aliphatic carbocycles. The standard InChI is InChI=1S/C12H18N4O/c1-7(2)10-14-11-9(12(17)15(10)5)6-13-16(11)8(3)4/h6-8H,1-5H3. The molecule has 2 rings (SSSR count). The summed E-state index contributed by atoms with van der Waals surface area (Å²) in [7, 11) is 1.76. The van der Waals surface area contributed by atoms with Gasteiger partial charge in [0.25, 0.3) is 5.56 Å². The van der Waals surface area contributed by atoms with Crippen LogP contribution in [0.15, 0.2) is 11.0 Å². The molecule has 0 radical (unpaired) electrons. The highest BCUT2D eigenvalue weighted by atomic mass is 16.1. The fourth-order valence-corrected chi connectivity index (χ4v) is 1.98. The molecule has 2 aromatic heterocycles. The van der Waals surface area contributed by atoms with Gasteiger partial charge in [0.1, 0.15) is 11.2 Å². The minimum atomic E-state index is -0.0226. The maximum absolute atomic E-state index is 12.2. The summed E-state index contributed by atoms with van der Waals surface area (Å²) in [4.78, 5) is 16.7. The Morgan fingerprint density at radius 2 is 1.88 bits per heavy atom. The van der Waals surface area contributed by atoms with E-state index >= 15 is 0 Å². The monoisotopic (exact) mass is 234 g/mol. The molecule has 0 spiro atoms. The van der Waals surface area contributed by atoms with Crippen molar-refractivity contribution in [2.45, 2.75) is 39.7 Å². The van der Waals surface area contributed by atoms with Crippen molar-refractivity contribution >= 4 is 11.0 Å². The molecule has 0 N–H and O–H groups in total. The molecular weight excluding hydrogens is 216 g/mol. The van der Waals surface area contributed by atoms with Gasteiger partial charge in [0.2, 0.25) is 0 Å². The van der Waals surface area contributed by atoms with Crippen LogP contribution in [-0.2, 0) is 7.05 Å². The summed E-state index contributed by atoms with van der Waals surface area (Å²) in [6, 6.07) is 0.201. The first-order valence-electron chi connectivity index (χ1n) is 5.87. The molecular formula is C12H18N4O. The third-order valence-corrected chi connectivity index (χ3v) is 2.87. The van der Waals surface area contributed by atoms with Crippen molar-refractivity contribution in [2.75, 3.05) is 0 Å². The first-order valence-corrected chi connectivity index (χ1v) is 5.87. The first kappa shape index (κ1) is 11.8. The molecule has 0 aliphatic rings. The fraction of sp³-hybridized carbons (Fsp3) is 0.583. The first-order chi connectivity index (χ1) is 7.93. The summed E-state index contributed by atoms with van der Waals surface area (Å²) in [5, 5.41) is 4.83. The summed E-state index contributed by atoms with van der Waals surface area (Å²) in [5.41, 5.74) is 0.664. The van der Waals surface area contributed by atoms with Gasteiger partial charge < -0.3 is 0 Å². The van der Waals surface area contributed by atoms with Gasteiger partial charge in [0.05, 0.1) is 6.20 Å². The van der Waals surface area contributed by atoms with Gasteiger partial charge in [-0.2, -0.15) is 5.10 Å². The molecule has 2 aromatic rings. The van der Waals surface area contributed by atoms with E-state index in [4.69, 9.17) is 0 Å². The van der Waals surface area contributed by atoms with E-state index in [1.165, 1.54) is 0 Å². The highest BCUT2D eigenvalue weighted by molar-refractivity contribution is 5.73. The van der Waals surface area contributed by atoms with Gasteiger partial charge in [-0.25, -0.2) is 9.67 Å². The number of hydrogen-bond donors (Lipinski definition) is 0. The molecule has 0 atom stereocenters. The van der Waals surface area contributed by atoms with Crippen LogP contribution in [0.1, 0.15) is 45.5 Å². The van der Waals surface area contributed by atoms with Gasteiger partial charge in [-0.15, -0.1) is 0 Å². The molecule has 2 heterocycles. The normalized spacial score (nSPS) is 11.9.